The molecule has 0 bridgehead atoms. The number of rotatable bonds is 7. The Hall–Kier alpha value is -3.78. The summed E-state index contributed by atoms with van der Waals surface area (Å²) in [4.78, 5) is 31.1. The molecule has 0 saturated heterocycles. The van der Waals surface area contributed by atoms with Crippen LogP contribution in [0.3, 0.4) is 0 Å². The van der Waals surface area contributed by atoms with E-state index in [0.717, 1.165) is 0 Å². The highest BCUT2D eigenvalue weighted by molar-refractivity contribution is 8.00. The van der Waals surface area contributed by atoms with Gasteiger partial charge in [0.1, 0.15) is 11.5 Å². The first-order valence-electron chi connectivity index (χ1n) is 10.3. The summed E-state index contributed by atoms with van der Waals surface area (Å²) in [6.07, 6.45) is 0. The molecule has 0 saturated carbocycles. The maximum absolute atomic E-state index is 13.3. The number of anilines is 1. The zero-order chi connectivity index (χ0) is 23.4. The molecule has 0 radical (unpaired) electrons. The van der Waals surface area contributed by atoms with E-state index in [1.165, 1.54) is 18.9 Å². The number of thioether (sulfide) groups is 1. The molecular weight excluding hydrogens is 438 g/mol. The number of aromatic nitrogens is 2. The second kappa shape index (κ2) is 9.79. The van der Waals surface area contributed by atoms with E-state index in [1.54, 1.807) is 48.9 Å². The summed E-state index contributed by atoms with van der Waals surface area (Å²) in [5.41, 5.74) is 1.59. The molecule has 4 aromatic rings. The van der Waals surface area contributed by atoms with E-state index in [2.05, 4.69) is 5.32 Å². The van der Waals surface area contributed by atoms with Gasteiger partial charge in [-0.15, -0.1) is 0 Å². The van der Waals surface area contributed by atoms with Gasteiger partial charge in [0.15, 0.2) is 5.16 Å². The smallest absolute Gasteiger partial charge is 0.266 e. The Morgan fingerprint density at radius 2 is 1.73 bits per heavy atom. The Labute approximate surface area is 195 Å². The number of carbonyl (C=O) groups excluding carboxylic acids is 1. The van der Waals surface area contributed by atoms with Crippen LogP contribution in [0, 0.1) is 0 Å². The molecule has 4 rings (SSSR count). The second-order valence-corrected chi connectivity index (χ2v) is 8.51. The summed E-state index contributed by atoms with van der Waals surface area (Å²) in [6.45, 7) is 1.77. The normalized spacial score (nSPS) is 11.7. The van der Waals surface area contributed by atoms with E-state index in [1.807, 2.05) is 42.5 Å². The van der Waals surface area contributed by atoms with Gasteiger partial charge in [-0.05, 0) is 43.3 Å². The molecule has 8 heteroatoms. The fraction of sp³-hybridized carbons (Fsp3) is 0.160. The second-order valence-electron chi connectivity index (χ2n) is 7.20. The highest BCUT2D eigenvalue weighted by Crippen LogP contribution is 2.31. The molecular formula is C25H23N3O4S. The molecule has 1 unspecified atom stereocenters. The van der Waals surface area contributed by atoms with E-state index in [9.17, 15) is 9.59 Å². The van der Waals surface area contributed by atoms with Gasteiger partial charge in [0.2, 0.25) is 5.91 Å². The molecule has 168 valence electrons. The number of amides is 1. The van der Waals surface area contributed by atoms with Crippen molar-refractivity contribution in [3.63, 3.8) is 0 Å². The lowest BCUT2D eigenvalue weighted by molar-refractivity contribution is -0.115. The number of benzene rings is 3. The maximum Gasteiger partial charge on any atom is 0.266 e. The van der Waals surface area contributed by atoms with Crippen LogP contribution < -0.4 is 20.3 Å². The first-order chi connectivity index (χ1) is 16.0. The van der Waals surface area contributed by atoms with Crippen LogP contribution in [-0.4, -0.2) is 34.9 Å². The molecule has 0 aliphatic carbocycles. The third-order valence-electron chi connectivity index (χ3n) is 5.08. The van der Waals surface area contributed by atoms with E-state index < -0.39 is 5.25 Å². The predicted octanol–water partition coefficient (Wildman–Crippen LogP) is 4.52. The highest BCUT2D eigenvalue weighted by Gasteiger charge is 2.21. The summed E-state index contributed by atoms with van der Waals surface area (Å²) in [5, 5.41) is 3.29. The van der Waals surface area contributed by atoms with Gasteiger partial charge in [-0.1, -0.05) is 42.1 Å². The molecule has 1 aromatic heterocycles. The zero-order valence-electron chi connectivity index (χ0n) is 18.4. The molecule has 0 aliphatic heterocycles. The Morgan fingerprint density at radius 3 is 2.45 bits per heavy atom. The summed E-state index contributed by atoms with van der Waals surface area (Å²) in [5.74, 6) is 0.862. The van der Waals surface area contributed by atoms with Crippen molar-refractivity contribution in [1.82, 2.24) is 9.55 Å². The number of carbonyl (C=O) groups is 1. The topological polar surface area (TPSA) is 82.5 Å². The van der Waals surface area contributed by atoms with Gasteiger partial charge >= 0.3 is 0 Å². The minimum atomic E-state index is -0.552. The predicted molar refractivity (Wildman–Crippen MR) is 131 cm³/mol. The molecule has 1 amide bonds. The third-order valence-corrected chi connectivity index (χ3v) is 6.13. The van der Waals surface area contributed by atoms with Crippen molar-refractivity contribution in [2.24, 2.45) is 0 Å². The van der Waals surface area contributed by atoms with Crippen molar-refractivity contribution in [3.8, 4) is 17.2 Å². The van der Waals surface area contributed by atoms with Crippen LogP contribution in [0.5, 0.6) is 11.5 Å². The molecule has 1 heterocycles. The number of nitrogens with one attached hydrogen (secondary N) is 1. The van der Waals surface area contributed by atoms with Crippen molar-refractivity contribution in [3.05, 3.63) is 83.2 Å². The largest absolute Gasteiger partial charge is 0.497 e. The average Bonchev–Trinajstić information content (AvgIpc) is 2.84. The maximum atomic E-state index is 13.3. The van der Waals surface area contributed by atoms with E-state index in [4.69, 9.17) is 14.5 Å². The number of hydrogen-bond donors (Lipinski definition) is 1. The summed E-state index contributed by atoms with van der Waals surface area (Å²) >= 11 is 1.21. The van der Waals surface area contributed by atoms with Crippen LogP contribution in [0.1, 0.15) is 6.92 Å². The van der Waals surface area contributed by atoms with Crippen molar-refractivity contribution < 1.29 is 14.3 Å². The molecule has 1 atom stereocenters. The molecule has 0 fully saturated rings. The van der Waals surface area contributed by atoms with Gasteiger partial charge < -0.3 is 14.8 Å². The minimum absolute atomic E-state index is 0.184. The summed E-state index contributed by atoms with van der Waals surface area (Å²) < 4.78 is 12.1. The monoisotopic (exact) mass is 461 g/mol. The lowest BCUT2D eigenvalue weighted by Crippen LogP contribution is -2.26. The molecule has 3 aromatic carbocycles. The van der Waals surface area contributed by atoms with Crippen LogP contribution in [0.4, 0.5) is 5.69 Å². The van der Waals surface area contributed by atoms with Crippen LogP contribution in [0.2, 0.25) is 0 Å². The lowest BCUT2D eigenvalue weighted by Gasteiger charge is -2.17. The highest BCUT2D eigenvalue weighted by atomic mass is 32.2. The molecule has 0 aliphatic rings. The Bertz CT molecular complexity index is 1360. The first kappa shape index (κ1) is 22.4. The van der Waals surface area contributed by atoms with Crippen LogP contribution in [0.15, 0.2) is 82.7 Å². The van der Waals surface area contributed by atoms with Crippen LogP contribution in [0.25, 0.3) is 16.6 Å². The van der Waals surface area contributed by atoms with Gasteiger partial charge in [-0.25, -0.2) is 4.98 Å². The fourth-order valence-electron chi connectivity index (χ4n) is 3.35. The Kier molecular flexibility index (Phi) is 6.65. The van der Waals surface area contributed by atoms with Gasteiger partial charge in [0.25, 0.3) is 5.56 Å². The van der Waals surface area contributed by atoms with E-state index in [-0.39, 0.29) is 11.5 Å². The quantitative estimate of drug-likeness (QED) is 0.322. The van der Waals surface area contributed by atoms with Gasteiger partial charge in [0.05, 0.1) is 41.7 Å². The van der Waals surface area contributed by atoms with Crippen molar-refractivity contribution in [2.75, 3.05) is 19.5 Å². The number of hydrogen-bond acceptors (Lipinski definition) is 6. The number of nitrogens with zero attached hydrogens (tertiary/aromatic N) is 2. The molecule has 1 N–H and O–H groups in total. The van der Waals surface area contributed by atoms with Crippen molar-refractivity contribution in [2.45, 2.75) is 17.3 Å². The standard InChI is InChI=1S/C25H23N3O4S/c1-16(23(29)26-21-15-18(31-2)13-14-22(21)32-3)33-25-27-20-12-8-7-11-19(20)24(30)28(25)17-9-5-4-6-10-17/h4-16H,1-3H3,(H,26,29). The first-order valence-corrected chi connectivity index (χ1v) is 11.2. The van der Waals surface area contributed by atoms with Gasteiger partial charge in [-0.2, -0.15) is 0 Å². The summed E-state index contributed by atoms with van der Waals surface area (Å²) in [7, 11) is 3.09. The van der Waals surface area contributed by atoms with Gasteiger partial charge in [0, 0.05) is 6.07 Å². The number of fused-ring (bicyclic) bond motifs is 1. The van der Waals surface area contributed by atoms with Crippen molar-refractivity contribution >= 4 is 34.3 Å². The molecule has 0 spiro atoms. The molecule has 7 nitrogen and oxygen atoms in total. The number of methoxy groups -OCH3 is 2. The average molecular weight is 462 g/mol. The number of para-hydroxylation sites is 2. The van der Waals surface area contributed by atoms with E-state index >= 15 is 0 Å². The minimum Gasteiger partial charge on any atom is -0.497 e. The van der Waals surface area contributed by atoms with Gasteiger partial charge in [-0.3, -0.25) is 14.2 Å². The lowest BCUT2D eigenvalue weighted by atomic mass is 10.2. The fourth-order valence-corrected chi connectivity index (χ4v) is 4.28. The van der Waals surface area contributed by atoms with Crippen LogP contribution >= 0.6 is 11.8 Å². The third kappa shape index (κ3) is 4.70. The summed E-state index contributed by atoms with van der Waals surface area (Å²) in [6, 6.07) is 21.6. The van der Waals surface area contributed by atoms with E-state index in [0.29, 0.717) is 38.9 Å². The SMILES string of the molecule is COc1ccc(OC)c(NC(=O)C(C)Sc2nc3ccccc3c(=O)n2-c2ccccc2)c1. The zero-order valence-corrected chi connectivity index (χ0v) is 19.3. The molecule has 33 heavy (non-hydrogen) atoms. The van der Waals surface area contributed by atoms with Crippen LogP contribution in [-0.2, 0) is 4.79 Å². The Balaban J connectivity index is 1.69. The number of ether oxygens (including phenoxy) is 2. The van der Waals surface area contributed by atoms with Crippen molar-refractivity contribution in [1.29, 1.82) is 0 Å². The Morgan fingerprint density at radius 1 is 1.00 bits per heavy atom.